The maximum Gasteiger partial charge on any atom is 0.218 e. The summed E-state index contributed by atoms with van der Waals surface area (Å²) in [6.45, 7) is -2.49. The number of halogens is 4. The molecule has 0 bridgehead atoms. The molecule has 0 atom stereocenters. The van der Waals surface area contributed by atoms with Gasteiger partial charge in [-0.2, -0.15) is 0 Å². The molecule has 36 heavy (non-hydrogen) atoms. The number of hydrogen-bond donors (Lipinski definition) is 0. The summed E-state index contributed by atoms with van der Waals surface area (Å²) in [6, 6.07) is 30.8. The first-order valence-corrected chi connectivity index (χ1v) is 14.9. The fraction of sp³-hybridized carbons (Fsp3) is 0. The highest BCUT2D eigenvalue weighted by molar-refractivity contribution is 8.04. The quantitative estimate of drug-likeness (QED) is 0.180. The van der Waals surface area contributed by atoms with Crippen molar-refractivity contribution in [2.24, 2.45) is 0 Å². The van der Waals surface area contributed by atoms with E-state index >= 15 is 0 Å². The minimum absolute atomic E-state index is 0.00196. The van der Waals surface area contributed by atoms with Crippen LogP contribution in [-0.4, -0.2) is 20.8 Å². The molecular weight excluding hydrogens is 589 g/mol. The molecular formula is C28H15Cl4OPS2. The highest BCUT2D eigenvalue weighted by Crippen LogP contribution is 2.52. The summed E-state index contributed by atoms with van der Waals surface area (Å²) in [6.07, 6.45) is 0. The lowest BCUT2D eigenvalue weighted by Gasteiger charge is -2.40. The Morgan fingerprint density at radius 1 is 0.500 bits per heavy atom. The number of Topliss-reactive ketones (excluding diaryl/α,β-unsaturated/α-hetero) is 1. The van der Waals surface area contributed by atoms with E-state index in [2.05, 4.69) is 36.4 Å². The van der Waals surface area contributed by atoms with E-state index < -0.39 is 12.7 Å². The smallest absolute Gasteiger partial charge is 0.218 e. The molecule has 2 aliphatic rings. The molecule has 0 radical (unpaired) electrons. The zero-order valence-electron chi connectivity index (χ0n) is 18.3. The zero-order valence-corrected chi connectivity index (χ0v) is 23.9. The second-order valence-electron chi connectivity index (χ2n) is 8.02. The molecule has 0 aromatic heterocycles. The lowest BCUT2D eigenvalue weighted by molar-refractivity contribution is -0.111. The maximum absolute atomic E-state index is 12.3. The Hall–Kier alpha value is -1.81. The molecule has 0 spiro atoms. The average molecular weight is 604 g/mol. The van der Waals surface area contributed by atoms with Crippen LogP contribution in [0, 0.1) is 0 Å². The van der Waals surface area contributed by atoms with Crippen molar-refractivity contribution in [3.8, 4) is 0 Å². The SMILES string of the molecule is O=C1C(Cl)=C(Cl)C(=C2C(=S)C(=P(c3ccccc3)(c3ccccc3)c3ccccc3)C2=S)C(Cl)=C1Cl. The van der Waals surface area contributed by atoms with Crippen LogP contribution in [0.1, 0.15) is 0 Å². The summed E-state index contributed by atoms with van der Waals surface area (Å²) in [5, 5.41) is 3.82. The predicted molar refractivity (Wildman–Crippen MR) is 165 cm³/mol. The molecule has 3 aromatic carbocycles. The molecule has 5 rings (SSSR count). The third kappa shape index (κ3) is 3.85. The molecule has 8 heteroatoms. The Labute approximate surface area is 240 Å². The van der Waals surface area contributed by atoms with E-state index in [-0.39, 0.29) is 20.1 Å². The van der Waals surface area contributed by atoms with Crippen LogP contribution in [0.25, 0.3) is 0 Å². The Morgan fingerprint density at radius 2 is 0.833 bits per heavy atom. The van der Waals surface area contributed by atoms with E-state index in [9.17, 15) is 4.79 Å². The van der Waals surface area contributed by atoms with E-state index in [0.29, 0.717) is 20.9 Å². The number of ketones is 1. The van der Waals surface area contributed by atoms with Crippen LogP contribution in [0.15, 0.2) is 122 Å². The van der Waals surface area contributed by atoms with Crippen molar-refractivity contribution >= 4 is 114 Å². The Balaban J connectivity index is 1.93. The van der Waals surface area contributed by atoms with Crippen LogP contribution in [0.2, 0.25) is 0 Å². The van der Waals surface area contributed by atoms with Crippen LogP contribution in [-0.2, 0) is 4.79 Å². The van der Waals surface area contributed by atoms with Crippen molar-refractivity contribution in [2.75, 3.05) is 0 Å². The minimum atomic E-state index is -2.49. The Morgan fingerprint density at radius 3 is 1.17 bits per heavy atom. The molecule has 1 saturated carbocycles. The van der Waals surface area contributed by atoms with Crippen molar-refractivity contribution in [3.63, 3.8) is 0 Å². The van der Waals surface area contributed by atoms with Crippen LogP contribution >= 0.6 is 77.7 Å². The Kier molecular flexibility index (Phi) is 7.29. The molecule has 0 N–H and O–H groups in total. The van der Waals surface area contributed by atoms with Gasteiger partial charge in [-0.1, -0.05) is 162 Å². The van der Waals surface area contributed by atoms with E-state index in [1.54, 1.807) is 0 Å². The van der Waals surface area contributed by atoms with Gasteiger partial charge in [-0.3, -0.25) is 4.79 Å². The number of allylic oxidation sites excluding steroid dienone is 6. The highest BCUT2D eigenvalue weighted by Gasteiger charge is 2.45. The lowest BCUT2D eigenvalue weighted by Crippen LogP contribution is -2.46. The van der Waals surface area contributed by atoms with Gasteiger partial charge in [-0.15, -0.1) is 0 Å². The molecule has 178 valence electrons. The molecule has 0 unspecified atom stereocenters. The topological polar surface area (TPSA) is 17.1 Å². The summed E-state index contributed by atoms with van der Waals surface area (Å²) in [4.78, 5) is 13.4. The zero-order chi connectivity index (χ0) is 25.6. The summed E-state index contributed by atoms with van der Waals surface area (Å²) in [5.74, 6) is -0.627. The molecule has 0 heterocycles. The summed E-state index contributed by atoms with van der Waals surface area (Å²) < 4.78 is 0. The first-order valence-electron chi connectivity index (χ1n) is 10.7. The monoisotopic (exact) mass is 602 g/mol. The van der Waals surface area contributed by atoms with Gasteiger partial charge in [0.25, 0.3) is 0 Å². The van der Waals surface area contributed by atoms with Gasteiger partial charge in [0, 0.05) is 16.4 Å². The molecule has 1 fully saturated rings. The maximum atomic E-state index is 12.3. The van der Waals surface area contributed by atoms with Crippen LogP contribution in [0.5, 0.6) is 0 Å². The third-order valence-electron chi connectivity index (χ3n) is 6.12. The van der Waals surface area contributed by atoms with Crippen molar-refractivity contribution in [2.45, 2.75) is 0 Å². The largest absolute Gasteiger partial charge is 0.286 e. The minimum Gasteiger partial charge on any atom is -0.286 e. The Bertz CT molecular complexity index is 1450. The van der Waals surface area contributed by atoms with Gasteiger partial charge in [0.15, 0.2) is 0 Å². The summed E-state index contributed by atoms with van der Waals surface area (Å²) in [5.41, 5.74) is 0.819. The highest BCUT2D eigenvalue weighted by atomic mass is 35.5. The molecule has 2 aliphatic carbocycles. The second-order valence-corrected chi connectivity index (χ2v) is 13.7. The van der Waals surface area contributed by atoms with Gasteiger partial charge in [-0.25, -0.2) is 0 Å². The van der Waals surface area contributed by atoms with Crippen LogP contribution in [0.4, 0.5) is 0 Å². The summed E-state index contributed by atoms with van der Waals surface area (Å²) >= 11 is 37.6. The number of benzene rings is 3. The number of carbonyl (C=O) groups excluding carboxylic acids is 1. The van der Waals surface area contributed by atoms with Gasteiger partial charge in [0.05, 0.1) is 19.8 Å². The van der Waals surface area contributed by atoms with Crippen LogP contribution in [0.3, 0.4) is 0 Å². The molecule has 0 amide bonds. The number of thiocarbonyl (C=S) groups is 2. The first kappa shape index (κ1) is 25.8. The van der Waals surface area contributed by atoms with Crippen LogP contribution < -0.4 is 15.9 Å². The normalized spacial score (nSPS) is 16.7. The van der Waals surface area contributed by atoms with Crippen molar-refractivity contribution in [1.82, 2.24) is 0 Å². The van der Waals surface area contributed by atoms with E-state index in [1.807, 2.05) is 54.6 Å². The molecule has 1 nitrogen and oxygen atoms in total. The molecule has 0 aliphatic heterocycles. The fourth-order valence-corrected chi connectivity index (χ4v) is 11.5. The molecule has 3 aromatic rings. The second kappa shape index (κ2) is 10.2. The van der Waals surface area contributed by atoms with Crippen molar-refractivity contribution < 1.29 is 4.79 Å². The van der Waals surface area contributed by atoms with E-state index in [1.165, 1.54) is 0 Å². The predicted octanol–water partition coefficient (Wildman–Crippen LogP) is 7.16. The first-order chi connectivity index (χ1) is 17.3. The number of rotatable bonds is 3. The van der Waals surface area contributed by atoms with Gasteiger partial charge in [-0.05, 0) is 22.8 Å². The van der Waals surface area contributed by atoms with Crippen molar-refractivity contribution in [1.29, 1.82) is 0 Å². The third-order valence-corrected chi connectivity index (χ3v) is 13.2. The lowest BCUT2D eigenvalue weighted by atomic mass is 9.85. The van der Waals surface area contributed by atoms with Crippen molar-refractivity contribution in [3.05, 3.63) is 122 Å². The van der Waals surface area contributed by atoms with E-state index in [0.717, 1.165) is 21.2 Å². The van der Waals surface area contributed by atoms with Gasteiger partial charge in [0.1, 0.15) is 10.1 Å². The number of carbonyl (C=O) groups is 1. The average Bonchev–Trinajstić information content (AvgIpc) is 2.93. The van der Waals surface area contributed by atoms with Gasteiger partial charge >= 0.3 is 0 Å². The summed E-state index contributed by atoms with van der Waals surface area (Å²) in [7, 11) is 0. The number of hydrogen-bond acceptors (Lipinski definition) is 3. The molecule has 0 saturated heterocycles. The van der Waals surface area contributed by atoms with Gasteiger partial charge in [0.2, 0.25) is 5.78 Å². The van der Waals surface area contributed by atoms with E-state index in [4.69, 9.17) is 70.8 Å². The van der Waals surface area contributed by atoms with Gasteiger partial charge < -0.3 is 0 Å². The fourth-order valence-electron chi connectivity index (χ4n) is 4.53. The standard InChI is InChI=1S/C28H15Cl4OPS2/c29-21-19(22(30)24(32)25(33)23(21)31)20-27(35)26(28(20)36)34(16-10-4-1-5-11-16,17-12-6-2-7-13-17)18-14-8-3-9-15-18/h1-15H.